The Morgan fingerprint density at radius 2 is 1.81 bits per heavy atom. The highest BCUT2D eigenvalue weighted by molar-refractivity contribution is 5.85. The van der Waals surface area contributed by atoms with Gasteiger partial charge < -0.3 is 14.7 Å². The molecule has 21 heavy (non-hydrogen) atoms. The van der Waals surface area contributed by atoms with Crippen molar-refractivity contribution >= 4 is 12.4 Å². The molecule has 1 heterocycles. The summed E-state index contributed by atoms with van der Waals surface area (Å²) in [4.78, 5) is 2.37. The molecule has 1 N–H and O–H groups in total. The molecule has 0 radical (unpaired) electrons. The summed E-state index contributed by atoms with van der Waals surface area (Å²) in [5.74, 6) is 1.47. The lowest BCUT2D eigenvalue weighted by Crippen LogP contribution is -2.43. The first kappa shape index (κ1) is 18.4. The van der Waals surface area contributed by atoms with Gasteiger partial charge in [-0.1, -0.05) is 44.2 Å². The van der Waals surface area contributed by atoms with Crippen molar-refractivity contribution in [1.82, 2.24) is 4.90 Å². The van der Waals surface area contributed by atoms with E-state index < -0.39 is 6.10 Å². The van der Waals surface area contributed by atoms with Crippen LogP contribution in [0.3, 0.4) is 0 Å². The maximum Gasteiger partial charge on any atom is 0.0900 e. The third kappa shape index (κ3) is 6.79. The number of aliphatic hydroxyl groups is 1. The summed E-state index contributed by atoms with van der Waals surface area (Å²) in [6, 6.07) is 10.1. The number of hydrogen-bond donors (Lipinski definition) is 1. The number of rotatable bonds is 6. The maximum absolute atomic E-state index is 10.1. The van der Waals surface area contributed by atoms with Crippen LogP contribution in [0.1, 0.15) is 25.8 Å². The lowest BCUT2D eigenvalue weighted by Gasteiger charge is -2.35. The van der Waals surface area contributed by atoms with E-state index in [1.54, 1.807) is 0 Å². The number of β-amino-alcohol motifs (C(OH)–C–C–N with tert-alkyl or cyclic N) is 1. The van der Waals surface area contributed by atoms with Crippen molar-refractivity contribution in [3.05, 3.63) is 35.9 Å². The Bertz CT molecular complexity index is 378. The van der Waals surface area contributed by atoms with Gasteiger partial charge in [0.25, 0.3) is 0 Å². The highest BCUT2D eigenvalue weighted by Gasteiger charge is 2.23. The predicted octanol–water partition coefficient (Wildman–Crippen LogP) is 2.96. The number of ether oxygens (including phenoxy) is 1. The Morgan fingerprint density at radius 1 is 1.19 bits per heavy atom. The summed E-state index contributed by atoms with van der Waals surface area (Å²) in [6.45, 7) is 8.49. The lowest BCUT2D eigenvalue weighted by atomic mass is 9.92. The lowest BCUT2D eigenvalue weighted by molar-refractivity contribution is -0.000893. The fraction of sp³-hybridized carbons (Fsp3) is 0.647. The number of benzene rings is 1. The Hall–Kier alpha value is -0.610. The van der Waals surface area contributed by atoms with Gasteiger partial charge in [0, 0.05) is 19.6 Å². The molecule has 120 valence electrons. The van der Waals surface area contributed by atoms with E-state index in [1.807, 2.05) is 30.3 Å². The zero-order valence-electron chi connectivity index (χ0n) is 13.1. The number of nitrogens with zero attached hydrogens (tertiary/aromatic N) is 1. The van der Waals surface area contributed by atoms with Gasteiger partial charge >= 0.3 is 0 Å². The average molecular weight is 314 g/mol. The van der Waals surface area contributed by atoms with Crippen LogP contribution in [0.2, 0.25) is 0 Å². The number of hydrogen-bond acceptors (Lipinski definition) is 3. The van der Waals surface area contributed by atoms with Crippen LogP contribution in [0.25, 0.3) is 0 Å². The quantitative estimate of drug-likeness (QED) is 0.876. The van der Waals surface area contributed by atoms with Crippen molar-refractivity contribution in [3.63, 3.8) is 0 Å². The van der Waals surface area contributed by atoms with Crippen molar-refractivity contribution < 1.29 is 9.84 Å². The van der Waals surface area contributed by atoms with E-state index in [4.69, 9.17) is 4.74 Å². The minimum absolute atomic E-state index is 0. The second-order valence-electron chi connectivity index (χ2n) is 6.32. The molecule has 1 aromatic rings. The van der Waals surface area contributed by atoms with E-state index in [-0.39, 0.29) is 12.4 Å². The van der Waals surface area contributed by atoms with E-state index in [9.17, 15) is 5.11 Å². The molecule has 3 nitrogen and oxygen atoms in total. The fourth-order valence-electron chi connectivity index (χ4n) is 3.18. The first-order valence-corrected chi connectivity index (χ1v) is 7.65. The fourth-order valence-corrected chi connectivity index (χ4v) is 3.18. The molecule has 0 bridgehead atoms. The zero-order chi connectivity index (χ0) is 14.4. The van der Waals surface area contributed by atoms with Crippen LogP contribution in [0.15, 0.2) is 30.3 Å². The van der Waals surface area contributed by atoms with Crippen molar-refractivity contribution in [3.8, 4) is 0 Å². The summed E-state index contributed by atoms with van der Waals surface area (Å²) in [5, 5.41) is 10.1. The van der Waals surface area contributed by atoms with Gasteiger partial charge in [0.05, 0.1) is 19.3 Å². The molecule has 0 spiro atoms. The number of likely N-dealkylation sites (tertiary alicyclic amines) is 1. The van der Waals surface area contributed by atoms with Crippen LogP contribution in [0.5, 0.6) is 0 Å². The van der Waals surface area contributed by atoms with Crippen LogP contribution in [-0.4, -0.2) is 42.4 Å². The minimum Gasteiger partial charge on any atom is -0.389 e. The Morgan fingerprint density at radius 3 is 2.43 bits per heavy atom. The highest BCUT2D eigenvalue weighted by Crippen LogP contribution is 2.20. The van der Waals surface area contributed by atoms with Crippen LogP contribution in [-0.2, 0) is 11.3 Å². The normalized spacial score (nSPS) is 24.3. The Kier molecular flexibility index (Phi) is 8.27. The second-order valence-corrected chi connectivity index (χ2v) is 6.32. The number of aliphatic hydroxyl groups excluding tert-OH is 1. The molecule has 0 amide bonds. The Labute approximate surface area is 134 Å². The summed E-state index contributed by atoms with van der Waals surface area (Å²) in [5.41, 5.74) is 1.15. The average Bonchev–Trinajstić information content (AvgIpc) is 2.38. The van der Waals surface area contributed by atoms with Crippen molar-refractivity contribution in [2.45, 2.75) is 33.0 Å². The first-order chi connectivity index (χ1) is 9.63. The molecule has 1 aliphatic heterocycles. The molecule has 3 unspecified atom stereocenters. The molecular weight excluding hydrogens is 286 g/mol. The first-order valence-electron chi connectivity index (χ1n) is 7.65. The van der Waals surface area contributed by atoms with Gasteiger partial charge in [0.2, 0.25) is 0 Å². The molecule has 1 aromatic carbocycles. The van der Waals surface area contributed by atoms with Crippen LogP contribution in [0, 0.1) is 11.8 Å². The van der Waals surface area contributed by atoms with Crippen LogP contribution in [0.4, 0.5) is 0 Å². The molecule has 1 fully saturated rings. The Balaban J connectivity index is 0.00000220. The van der Waals surface area contributed by atoms with Gasteiger partial charge in [-0.3, -0.25) is 0 Å². The van der Waals surface area contributed by atoms with Gasteiger partial charge in [0.1, 0.15) is 0 Å². The molecule has 0 saturated carbocycles. The minimum atomic E-state index is -0.392. The van der Waals surface area contributed by atoms with Gasteiger partial charge in [-0.2, -0.15) is 0 Å². The van der Waals surface area contributed by atoms with Crippen molar-refractivity contribution in [2.75, 3.05) is 26.2 Å². The standard InChI is InChI=1S/C17H27NO2.ClH/c1-14-8-15(2)10-18(9-14)11-17(19)13-20-12-16-6-4-3-5-7-16;/h3-7,14-15,17,19H,8-13H2,1-2H3;1H. The van der Waals surface area contributed by atoms with Crippen LogP contribution >= 0.6 is 12.4 Å². The third-order valence-electron chi connectivity index (χ3n) is 3.84. The highest BCUT2D eigenvalue weighted by atomic mass is 35.5. The van der Waals surface area contributed by atoms with Gasteiger partial charge in [-0.25, -0.2) is 0 Å². The summed E-state index contributed by atoms with van der Waals surface area (Å²) in [7, 11) is 0. The molecule has 1 saturated heterocycles. The van der Waals surface area contributed by atoms with E-state index in [2.05, 4.69) is 18.7 Å². The van der Waals surface area contributed by atoms with E-state index in [1.165, 1.54) is 6.42 Å². The third-order valence-corrected chi connectivity index (χ3v) is 3.84. The van der Waals surface area contributed by atoms with E-state index >= 15 is 0 Å². The van der Waals surface area contributed by atoms with E-state index in [0.717, 1.165) is 37.0 Å². The predicted molar refractivity (Wildman–Crippen MR) is 88.7 cm³/mol. The molecule has 0 aromatic heterocycles. The zero-order valence-corrected chi connectivity index (χ0v) is 13.9. The number of piperidine rings is 1. The maximum atomic E-state index is 10.1. The SMILES string of the molecule is CC1CC(C)CN(CC(O)COCc2ccccc2)C1.Cl. The molecule has 0 aliphatic carbocycles. The van der Waals surface area contributed by atoms with Crippen LogP contribution < -0.4 is 0 Å². The molecule has 1 aliphatic rings. The van der Waals surface area contributed by atoms with Gasteiger partial charge in [0.15, 0.2) is 0 Å². The van der Waals surface area contributed by atoms with E-state index in [0.29, 0.717) is 13.2 Å². The second kappa shape index (κ2) is 9.42. The summed E-state index contributed by atoms with van der Waals surface area (Å²) < 4.78 is 5.60. The van der Waals surface area contributed by atoms with Gasteiger partial charge in [-0.05, 0) is 23.8 Å². The van der Waals surface area contributed by atoms with Crippen molar-refractivity contribution in [2.24, 2.45) is 11.8 Å². The molecule has 3 atom stereocenters. The number of halogens is 1. The summed E-state index contributed by atoms with van der Waals surface area (Å²) >= 11 is 0. The topological polar surface area (TPSA) is 32.7 Å². The molecule has 4 heteroatoms. The molecular formula is C17H28ClNO2. The smallest absolute Gasteiger partial charge is 0.0900 e. The largest absolute Gasteiger partial charge is 0.389 e. The van der Waals surface area contributed by atoms with Crippen molar-refractivity contribution in [1.29, 1.82) is 0 Å². The molecule has 2 rings (SSSR count). The van der Waals surface area contributed by atoms with Gasteiger partial charge in [-0.15, -0.1) is 12.4 Å². The monoisotopic (exact) mass is 313 g/mol. The summed E-state index contributed by atoms with van der Waals surface area (Å²) in [6.07, 6.45) is 0.910.